The molecule has 1 N–H and O–H groups in total. The number of pyridine rings is 1. The minimum Gasteiger partial charge on any atom is -0.494 e. The molecular formula is C16H18N2O4. The van der Waals surface area contributed by atoms with Gasteiger partial charge in [0, 0.05) is 6.07 Å². The van der Waals surface area contributed by atoms with Crippen molar-refractivity contribution < 1.29 is 19.4 Å². The molecule has 0 atom stereocenters. The molecule has 0 bridgehead atoms. The number of nitrogens with zero attached hydrogens (tertiary/aromatic N) is 2. The van der Waals surface area contributed by atoms with Gasteiger partial charge in [-0.05, 0) is 30.7 Å². The molecule has 0 unspecified atom stereocenters. The summed E-state index contributed by atoms with van der Waals surface area (Å²) < 4.78 is 10.4. The zero-order valence-corrected chi connectivity index (χ0v) is 12.5. The van der Waals surface area contributed by atoms with Gasteiger partial charge >= 0.3 is 6.09 Å². The molecule has 0 aliphatic heterocycles. The first-order valence-corrected chi connectivity index (χ1v) is 6.87. The predicted molar refractivity (Wildman–Crippen MR) is 82.6 cm³/mol. The predicted octanol–water partition coefficient (Wildman–Crippen LogP) is 3.17. The highest BCUT2D eigenvalue weighted by atomic mass is 16.5. The van der Waals surface area contributed by atoms with Crippen LogP contribution in [0.5, 0.6) is 11.6 Å². The van der Waals surface area contributed by atoms with E-state index in [2.05, 4.69) is 4.98 Å². The molecule has 1 aromatic carbocycles. The number of hydrogen-bond donors (Lipinski definition) is 1. The summed E-state index contributed by atoms with van der Waals surface area (Å²) in [6, 6.07) is 12.3. The smallest absolute Gasteiger partial charge is 0.413 e. The van der Waals surface area contributed by atoms with Gasteiger partial charge in [-0.15, -0.1) is 0 Å². The Morgan fingerprint density at radius 2 is 1.95 bits per heavy atom. The summed E-state index contributed by atoms with van der Waals surface area (Å²) >= 11 is 0. The van der Waals surface area contributed by atoms with Crippen LogP contribution in [0.4, 0.5) is 10.6 Å². The largest absolute Gasteiger partial charge is 0.494 e. The van der Waals surface area contributed by atoms with E-state index in [4.69, 9.17) is 9.47 Å². The first-order chi connectivity index (χ1) is 10.6. The third kappa shape index (κ3) is 3.88. The van der Waals surface area contributed by atoms with Gasteiger partial charge in [0.25, 0.3) is 0 Å². The molecule has 0 spiro atoms. The topological polar surface area (TPSA) is 71.9 Å². The molecule has 0 saturated heterocycles. The molecule has 1 heterocycles. The second-order valence-electron chi connectivity index (χ2n) is 4.48. The Hall–Kier alpha value is -2.76. The van der Waals surface area contributed by atoms with Crippen LogP contribution in [-0.2, 0) is 6.54 Å². The van der Waals surface area contributed by atoms with Crippen LogP contribution in [-0.4, -0.2) is 29.9 Å². The fourth-order valence-corrected chi connectivity index (χ4v) is 1.95. The molecule has 0 aliphatic rings. The number of rotatable bonds is 6. The van der Waals surface area contributed by atoms with E-state index in [1.54, 1.807) is 18.2 Å². The lowest BCUT2D eigenvalue weighted by atomic mass is 10.2. The van der Waals surface area contributed by atoms with Crippen molar-refractivity contribution >= 4 is 11.9 Å². The second kappa shape index (κ2) is 7.31. The lowest BCUT2D eigenvalue weighted by Gasteiger charge is -2.19. The maximum Gasteiger partial charge on any atom is 0.413 e. The van der Waals surface area contributed by atoms with Gasteiger partial charge < -0.3 is 14.6 Å². The van der Waals surface area contributed by atoms with E-state index in [-0.39, 0.29) is 6.54 Å². The van der Waals surface area contributed by atoms with Gasteiger partial charge in [-0.3, -0.25) is 4.90 Å². The van der Waals surface area contributed by atoms with E-state index in [1.807, 2.05) is 31.2 Å². The Morgan fingerprint density at radius 3 is 2.55 bits per heavy atom. The van der Waals surface area contributed by atoms with Gasteiger partial charge in [-0.1, -0.05) is 18.2 Å². The number of hydrogen-bond acceptors (Lipinski definition) is 4. The van der Waals surface area contributed by atoms with Gasteiger partial charge in [0.2, 0.25) is 5.88 Å². The summed E-state index contributed by atoms with van der Waals surface area (Å²) in [6.45, 7) is 2.70. The fourth-order valence-electron chi connectivity index (χ4n) is 1.95. The number of amides is 1. The highest BCUT2D eigenvalue weighted by Crippen LogP contribution is 2.20. The SMILES string of the molecule is CCOc1ccc(CN(C(=O)O)c2cccc(OC)n2)cc1. The van der Waals surface area contributed by atoms with E-state index < -0.39 is 6.09 Å². The maximum atomic E-state index is 11.5. The minimum absolute atomic E-state index is 0.196. The lowest BCUT2D eigenvalue weighted by molar-refractivity contribution is 0.201. The molecule has 0 fully saturated rings. The Kier molecular flexibility index (Phi) is 5.19. The van der Waals surface area contributed by atoms with Gasteiger partial charge in [0.15, 0.2) is 0 Å². The molecular weight excluding hydrogens is 284 g/mol. The van der Waals surface area contributed by atoms with Crippen LogP contribution in [0.25, 0.3) is 0 Å². The number of ether oxygens (including phenoxy) is 2. The van der Waals surface area contributed by atoms with Crippen molar-refractivity contribution in [3.05, 3.63) is 48.0 Å². The molecule has 22 heavy (non-hydrogen) atoms. The average molecular weight is 302 g/mol. The second-order valence-corrected chi connectivity index (χ2v) is 4.48. The summed E-state index contributed by atoms with van der Waals surface area (Å²) in [7, 11) is 1.49. The zero-order chi connectivity index (χ0) is 15.9. The summed E-state index contributed by atoms with van der Waals surface area (Å²) in [4.78, 5) is 16.8. The minimum atomic E-state index is -1.07. The van der Waals surface area contributed by atoms with Crippen molar-refractivity contribution in [2.24, 2.45) is 0 Å². The summed E-state index contributed by atoms with van der Waals surface area (Å²) in [5.74, 6) is 1.45. The number of carboxylic acid groups (broad SMARTS) is 1. The molecule has 0 radical (unpaired) electrons. The molecule has 2 rings (SSSR count). The highest BCUT2D eigenvalue weighted by Gasteiger charge is 2.17. The summed E-state index contributed by atoms with van der Waals surface area (Å²) in [5, 5.41) is 9.41. The molecule has 116 valence electrons. The Morgan fingerprint density at radius 1 is 1.23 bits per heavy atom. The van der Waals surface area contributed by atoms with Gasteiger partial charge in [-0.2, -0.15) is 4.98 Å². The van der Waals surface area contributed by atoms with Crippen molar-refractivity contribution in [2.75, 3.05) is 18.6 Å². The standard InChI is InChI=1S/C16H18N2O4/c1-3-22-13-9-7-12(8-10-13)11-18(16(19)20)14-5-4-6-15(17-14)21-2/h4-10H,3,11H2,1-2H3,(H,19,20). The van der Waals surface area contributed by atoms with Crippen molar-refractivity contribution in [2.45, 2.75) is 13.5 Å². The fraction of sp³-hybridized carbons (Fsp3) is 0.250. The molecule has 1 amide bonds. The third-order valence-electron chi connectivity index (χ3n) is 3.00. The first kappa shape index (κ1) is 15.6. The van der Waals surface area contributed by atoms with Crippen LogP contribution in [0, 0.1) is 0 Å². The quantitative estimate of drug-likeness (QED) is 0.887. The third-order valence-corrected chi connectivity index (χ3v) is 3.00. The van der Waals surface area contributed by atoms with Crippen LogP contribution in [0.3, 0.4) is 0 Å². The Bertz CT molecular complexity index is 628. The first-order valence-electron chi connectivity index (χ1n) is 6.87. The van der Waals surface area contributed by atoms with Crippen LogP contribution in [0.15, 0.2) is 42.5 Å². The van der Waals surface area contributed by atoms with Crippen molar-refractivity contribution in [3.8, 4) is 11.6 Å². The average Bonchev–Trinajstić information content (AvgIpc) is 2.54. The lowest BCUT2D eigenvalue weighted by Crippen LogP contribution is -2.29. The van der Waals surface area contributed by atoms with E-state index in [0.29, 0.717) is 18.3 Å². The molecule has 2 aromatic rings. The van der Waals surface area contributed by atoms with E-state index in [1.165, 1.54) is 7.11 Å². The van der Waals surface area contributed by atoms with Crippen molar-refractivity contribution in [1.29, 1.82) is 0 Å². The maximum absolute atomic E-state index is 11.5. The van der Waals surface area contributed by atoms with Crippen LogP contribution in [0.2, 0.25) is 0 Å². The number of benzene rings is 1. The van der Waals surface area contributed by atoms with E-state index in [0.717, 1.165) is 16.2 Å². The van der Waals surface area contributed by atoms with Crippen molar-refractivity contribution in [3.63, 3.8) is 0 Å². The normalized spacial score (nSPS) is 10.1. The van der Waals surface area contributed by atoms with Gasteiger partial charge in [0.1, 0.15) is 11.6 Å². The number of methoxy groups -OCH3 is 1. The van der Waals surface area contributed by atoms with Crippen LogP contribution in [0.1, 0.15) is 12.5 Å². The Labute approximate surface area is 128 Å². The van der Waals surface area contributed by atoms with Crippen LogP contribution >= 0.6 is 0 Å². The highest BCUT2D eigenvalue weighted by molar-refractivity contribution is 5.84. The van der Waals surface area contributed by atoms with E-state index >= 15 is 0 Å². The molecule has 0 saturated carbocycles. The van der Waals surface area contributed by atoms with Gasteiger partial charge in [-0.25, -0.2) is 4.79 Å². The van der Waals surface area contributed by atoms with Crippen molar-refractivity contribution in [1.82, 2.24) is 4.98 Å². The number of aromatic nitrogens is 1. The number of anilines is 1. The summed E-state index contributed by atoms with van der Waals surface area (Å²) in [6.07, 6.45) is -1.07. The molecule has 6 nitrogen and oxygen atoms in total. The molecule has 0 aliphatic carbocycles. The van der Waals surface area contributed by atoms with Gasteiger partial charge in [0.05, 0.1) is 20.3 Å². The summed E-state index contributed by atoms with van der Waals surface area (Å²) in [5.41, 5.74) is 0.843. The number of carbonyl (C=O) groups is 1. The Balaban J connectivity index is 2.19. The monoisotopic (exact) mass is 302 g/mol. The molecule has 1 aromatic heterocycles. The van der Waals surface area contributed by atoms with Crippen LogP contribution < -0.4 is 14.4 Å². The van der Waals surface area contributed by atoms with E-state index in [9.17, 15) is 9.90 Å². The molecule has 6 heteroatoms. The zero-order valence-electron chi connectivity index (χ0n) is 12.5.